The third kappa shape index (κ3) is 4.95. The average Bonchev–Trinajstić information content (AvgIpc) is 2.86. The van der Waals surface area contributed by atoms with Crippen molar-refractivity contribution >= 4 is 23.6 Å². The SMILES string of the molecule is CSCC[C@H](N)C(=O)NCC(=O)N1CCCC1. The van der Waals surface area contributed by atoms with Gasteiger partial charge in [0.15, 0.2) is 0 Å². The molecule has 98 valence electrons. The summed E-state index contributed by atoms with van der Waals surface area (Å²) in [5, 5.41) is 2.60. The van der Waals surface area contributed by atoms with Crippen LogP contribution in [0.3, 0.4) is 0 Å². The van der Waals surface area contributed by atoms with Crippen molar-refractivity contribution in [2.45, 2.75) is 25.3 Å². The van der Waals surface area contributed by atoms with Crippen molar-refractivity contribution in [2.24, 2.45) is 5.73 Å². The lowest BCUT2D eigenvalue weighted by molar-refractivity contribution is -0.132. The standard InChI is InChI=1S/C11H21N3O2S/c1-17-7-4-9(12)11(16)13-8-10(15)14-5-2-3-6-14/h9H,2-8,12H2,1H3,(H,13,16)/t9-/m0/s1. The van der Waals surface area contributed by atoms with Crippen molar-refractivity contribution in [1.82, 2.24) is 10.2 Å². The number of amides is 2. The molecule has 0 spiro atoms. The molecule has 5 nitrogen and oxygen atoms in total. The van der Waals surface area contributed by atoms with Gasteiger partial charge in [-0.2, -0.15) is 11.8 Å². The molecule has 17 heavy (non-hydrogen) atoms. The number of likely N-dealkylation sites (tertiary alicyclic amines) is 1. The third-order valence-electron chi connectivity index (χ3n) is 2.84. The van der Waals surface area contributed by atoms with Crippen LogP contribution < -0.4 is 11.1 Å². The Balaban J connectivity index is 2.20. The van der Waals surface area contributed by atoms with E-state index in [1.54, 1.807) is 16.7 Å². The number of hydrogen-bond donors (Lipinski definition) is 2. The van der Waals surface area contributed by atoms with E-state index in [0.717, 1.165) is 31.7 Å². The van der Waals surface area contributed by atoms with Crippen LogP contribution in [0.4, 0.5) is 0 Å². The fraction of sp³-hybridized carbons (Fsp3) is 0.818. The van der Waals surface area contributed by atoms with Gasteiger partial charge in [-0.1, -0.05) is 0 Å². The zero-order valence-electron chi connectivity index (χ0n) is 10.3. The minimum atomic E-state index is -0.506. The first kappa shape index (κ1) is 14.3. The highest BCUT2D eigenvalue weighted by Crippen LogP contribution is 2.06. The maximum atomic E-state index is 11.7. The van der Waals surface area contributed by atoms with Crippen LogP contribution in [0.2, 0.25) is 0 Å². The Morgan fingerprint density at radius 3 is 2.65 bits per heavy atom. The number of nitrogens with two attached hydrogens (primary N) is 1. The molecule has 2 amide bonds. The first-order valence-corrected chi connectivity index (χ1v) is 7.34. The third-order valence-corrected chi connectivity index (χ3v) is 3.49. The van der Waals surface area contributed by atoms with Gasteiger partial charge in [-0.3, -0.25) is 9.59 Å². The molecule has 0 bridgehead atoms. The molecule has 6 heteroatoms. The van der Waals surface area contributed by atoms with Gasteiger partial charge < -0.3 is 16.0 Å². The van der Waals surface area contributed by atoms with E-state index in [1.807, 2.05) is 6.26 Å². The van der Waals surface area contributed by atoms with Crippen molar-refractivity contribution < 1.29 is 9.59 Å². The molecule has 1 fully saturated rings. The van der Waals surface area contributed by atoms with Gasteiger partial charge >= 0.3 is 0 Å². The Morgan fingerprint density at radius 2 is 2.06 bits per heavy atom. The summed E-state index contributed by atoms with van der Waals surface area (Å²) in [5.74, 6) is 0.619. The van der Waals surface area contributed by atoms with Crippen molar-refractivity contribution in [1.29, 1.82) is 0 Å². The highest BCUT2D eigenvalue weighted by molar-refractivity contribution is 7.98. The van der Waals surface area contributed by atoms with Crippen LogP contribution >= 0.6 is 11.8 Å². The van der Waals surface area contributed by atoms with Crippen molar-refractivity contribution in [2.75, 3.05) is 31.6 Å². The highest BCUT2D eigenvalue weighted by atomic mass is 32.2. The Morgan fingerprint density at radius 1 is 1.41 bits per heavy atom. The van der Waals surface area contributed by atoms with Crippen molar-refractivity contribution in [3.63, 3.8) is 0 Å². The monoisotopic (exact) mass is 259 g/mol. The molecule has 1 aliphatic heterocycles. The molecule has 1 saturated heterocycles. The maximum absolute atomic E-state index is 11.7. The minimum Gasteiger partial charge on any atom is -0.346 e. The summed E-state index contributed by atoms with van der Waals surface area (Å²) < 4.78 is 0. The predicted octanol–water partition coefficient (Wildman–Crippen LogP) is -0.195. The van der Waals surface area contributed by atoms with Gasteiger partial charge in [-0.15, -0.1) is 0 Å². The van der Waals surface area contributed by atoms with E-state index in [2.05, 4.69) is 5.32 Å². The van der Waals surface area contributed by atoms with Gasteiger partial charge in [0.2, 0.25) is 11.8 Å². The van der Waals surface area contributed by atoms with Crippen LogP contribution in [0.25, 0.3) is 0 Å². The van der Waals surface area contributed by atoms with Crippen LogP contribution in [-0.4, -0.2) is 54.4 Å². The summed E-state index contributed by atoms with van der Waals surface area (Å²) in [6.07, 6.45) is 4.74. The molecule has 1 heterocycles. The first-order valence-electron chi connectivity index (χ1n) is 5.95. The Labute approximate surface area is 106 Å². The molecule has 0 aromatic carbocycles. The number of rotatable bonds is 6. The van der Waals surface area contributed by atoms with E-state index in [0.29, 0.717) is 6.42 Å². The van der Waals surface area contributed by atoms with Gasteiger partial charge in [-0.05, 0) is 31.3 Å². The van der Waals surface area contributed by atoms with Gasteiger partial charge in [0, 0.05) is 13.1 Å². The Kier molecular flexibility index (Phi) is 6.36. The number of nitrogens with zero attached hydrogens (tertiary/aromatic N) is 1. The van der Waals surface area contributed by atoms with Crippen LogP contribution in [-0.2, 0) is 9.59 Å². The summed E-state index contributed by atoms with van der Waals surface area (Å²) in [4.78, 5) is 25.0. The summed E-state index contributed by atoms with van der Waals surface area (Å²) in [6.45, 7) is 1.70. The first-order chi connectivity index (χ1) is 8.15. The topological polar surface area (TPSA) is 75.4 Å². The Hall–Kier alpha value is -0.750. The molecule has 0 aliphatic carbocycles. The molecule has 1 rings (SSSR count). The molecule has 0 aromatic rings. The van der Waals surface area contributed by atoms with Gasteiger partial charge in [0.1, 0.15) is 0 Å². The van der Waals surface area contributed by atoms with Crippen LogP contribution in [0.5, 0.6) is 0 Å². The van der Waals surface area contributed by atoms with Crippen LogP contribution in [0.15, 0.2) is 0 Å². The van der Waals surface area contributed by atoms with E-state index in [1.165, 1.54) is 0 Å². The molecule has 1 atom stereocenters. The predicted molar refractivity (Wildman–Crippen MR) is 69.8 cm³/mol. The van der Waals surface area contributed by atoms with Crippen LogP contribution in [0.1, 0.15) is 19.3 Å². The van der Waals surface area contributed by atoms with Crippen molar-refractivity contribution in [3.8, 4) is 0 Å². The fourth-order valence-corrected chi connectivity index (χ4v) is 2.24. The average molecular weight is 259 g/mol. The molecule has 0 aromatic heterocycles. The minimum absolute atomic E-state index is 0.00656. The quantitative estimate of drug-likeness (QED) is 0.693. The lowest BCUT2D eigenvalue weighted by Gasteiger charge is -2.16. The van der Waals surface area contributed by atoms with E-state index in [9.17, 15) is 9.59 Å². The number of carbonyl (C=O) groups is 2. The normalized spacial score (nSPS) is 16.9. The fourth-order valence-electron chi connectivity index (χ4n) is 1.75. The lowest BCUT2D eigenvalue weighted by atomic mass is 10.2. The van der Waals surface area contributed by atoms with Crippen LogP contribution in [0, 0.1) is 0 Å². The largest absolute Gasteiger partial charge is 0.346 e. The second-order valence-electron chi connectivity index (χ2n) is 4.19. The zero-order valence-corrected chi connectivity index (χ0v) is 11.1. The molecule has 1 aliphatic rings. The highest BCUT2D eigenvalue weighted by Gasteiger charge is 2.19. The van der Waals surface area contributed by atoms with E-state index < -0.39 is 6.04 Å². The number of hydrogen-bond acceptors (Lipinski definition) is 4. The molecular weight excluding hydrogens is 238 g/mol. The van der Waals surface area contributed by atoms with E-state index in [4.69, 9.17) is 5.73 Å². The molecule has 3 N–H and O–H groups in total. The van der Waals surface area contributed by atoms with Gasteiger partial charge in [0.25, 0.3) is 0 Å². The summed E-state index contributed by atoms with van der Waals surface area (Å²) in [7, 11) is 0. The van der Waals surface area contributed by atoms with E-state index >= 15 is 0 Å². The van der Waals surface area contributed by atoms with Gasteiger partial charge in [0.05, 0.1) is 12.6 Å². The molecule has 0 radical (unpaired) electrons. The molecular formula is C11H21N3O2S. The second kappa shape index (κ2) is 7.55. The Bertz CT molecular complexity index is 267. The van der Waals surface area contributed by atoms with Crippen molar-refractivity contribution in [3.05, 3.63) is 0 Å². The van der Waals surface area contributed by atoms with E-state index in [-0.39, 0.29) is 18.4 Å². The number of thioether (sulfide) groups is 1. The summed E-state index contributed by atoms with van der Waals surface area (Å²) >= 11 is 1.66. The smallest absolute Gasteiger partial charge is 0.241 e. The van der Waals surface area contributed by atoms with Gasteiger partial charge in [-0.25, -0.2) is 0 Å². The molecule has 0 unspecified atom stereocenters. The summed E-state index contributed by atoms with van der Waals surface area (Å²) in [5.41, 5.74) is 5.69. The summed E-state index contributed by atoms with van der Waals surface area (Å²) in [6, 6.07) is -0.506. The molecule has 0 saturated carbocycles. The lowest BCUT2D eigenvalue weighted by Crippen LogP contribution is -2.45. The second-order valence-corrected chi connectivity index (χ2v) is 5.18. The number of carbonyl (C=O) groups excluding carboxylic acids is 2. The zero-order chi connectivity index (χ0) is 12.7. The maximum Gasteiger partial charge on any atom is 0.241 e. The number of nitrogens with one attached hydrogen (secondary N) is 1.